The van der Waals surface area contributed by atoms with Crippen molar-refractivity contribution in [2.24, 2.45) is 0 Å². The van der Waals surface area contributed by atoms with Gasteiger partial charge >= 0.3 is 0 Å². The molecule has 154 valence electrons. The summed E-state index contributed by atoms with van der Waals surface area (Å²) in [6.07, 6.45) is 2.24. The summed E-state index contributed by atoms with van der Waals surface area (Å²) in [6.45, 7) is 2.30. The molecule has 0 radical (unpaired) electrons. The van der Waals surface area contributed by atoms with E-state index in [1.807, 2.05) is 24.3 Å². The van der Waals surface area contributed by atoms with Crippen molar-refractivity contribution < 1.29 is 9.26 Å². The molecule has 1 saturated heterocycles. The van der Waals surface area contributed by atoms with Crippen molar-refractivity contribution in [3.63, 3.8) is 0 Å². The second kappa shape index (κ2) is 7.22. The van der Waals surface area contributed by atoms with Crippen LogP contribution >= 0.6 is 11.6 Å². The molecule has 4 aromatic rings. The Labute approximate surface area is 175 Å². The number of halogens is 1. The van der Waals surface area contributed by atoms with Crippen LogP contribution in [-0.4, -0.2) is 36.1 Å². The van der Waals surface area contributed by atoms with Gasteiger partial charge in [0.1, 0.15) is 6.54 Å². The Morgan fingerprint density at radius 1 is 1.30 bits per heavy atom. The van der Waals surface area contributed by atoms with Crippen LogP contribution in [0.5, 0.6) is 0 Å². The number of fused-ring (bicyclic) bond motifs is 1. The zero-order chi connectivity index (χ0) is 20.8. The molecule has 0 bridgehead atoms. The highest BCUT2D eigenvalue weighted by Crippen LogP contribution is 2.37. The van der Waals surface area contributed by atoms with Crippen molar-refractivity contribution in [3.05, 3.63) is 68.7 Å². The van der Waals surface area contributed by atoms with E-state index < -0.39 is 0 Å². The first kappa shape index (κ1) is 18.8. The molecule has 2 unspecified atom stereocenters. The monoisotopic (exact) mass is 427 g/mol. The molecule has 0 spiro atoms. The molecule has 1 aromatic carbocycles. The van der Waals surface area contributed by atoms with Gasteiger partial charge in [-0.1, -0.05) is 28.9 Å². The largest absolute Gasteiger partial charge is 0.373 e. The molecule has 1 fully saturated rings. The number of benzene rings is 1. The Hall–Kier alpha value is -3.24. The minimum absolute atomic E-state index is 0.00470. The molecule has 0 saturated carbocycles. The summed E-state index contributed by atoms with van der Waals surface area (Å²) in [5.74, 6) is 0.831. The topological polar surface area (TPSA) is 126 Å². The molecule has 3 aromatic heterocycles. The lowest BCUT2D eigenvalue weighted by molar-refractivity contribution is 0.110. The average molecular weight is 428 g/mol. The fourth-order valence-corrected chi connectivity index (χ4v) is 3.76. The Kier molecular flexibility index (Phi) is 4.52. The van der Waals surface area contributed by atoms with Crippen LogP contribution in [0.3, 0.4) is 0 Å². The second-order valence-electron chi connectivity index (χ2n) is 7.27. The third-order valence-electron chi connectivity index (χ3n) is 5.24. The van der Waals surface area contributed by atoms with Crippen molar-refractivity contribution in [2.75, 3.05) is 12.3 Å². The van der Waals surface area contributed by atoms with Gasteiger partial charge in [-0.15, -0.1) is 9.73 Å². The van der Waals surface area contributed by atoms with Crippen molar-refractivity contribution in [1.82, 2.24) is 29.5 Å². The molecule has 0 amide bonds. The Morgan fingerprint density at radius 3 is 2.90 bits per heavy atom. The summed E-state index contributed by atoms with van der Waals surface area (Å²) in [5, 5.41) is 12.9. The molecular weight excluding hydrogens is 410 g/mol. The fourth-order valence-electron chi connectivity index (χ4n) is 3.63. The molecular formula is C19H18ClN7O3. The van der Waals surface area contributed by atoms with Crippen LogP contribution in [-0.2, 0) is 11.3 Å². The van der Waals surface area contributed by atoms with E-state index >= 15 is 0 Å². The molecule has 4 heterocycles. The SMILES string of the molecule is Cc1cnn2nc(N)n(Cc3nc(C4COC(c5ccc(Cl)cc5)C4)no3)c(=O)c12. The minimum atomic E-state index is -0.316. The van der Waals surface area contributed by atoms with Gasteiger partial charge in [0.25, 0.3) is 5.56 Å². The number of nitrogens with two attached hydrogens (primary N) is 1. The van der Waals surface area contributed by atoms with Crippen molar-refractivity contribution in [1.29, 1.82) is 0 Å². The average Bonchev–Trinajstić information content (AvgIpc) is 3.46. The van der Waals surface area contributed by atoms with Crippen LogP contribution in [0.2, 0.25) is 5.02 Å². The molecule has 5 rings (SSSR count). The summed E-state index contributed by atoms with van der Waals surface area (Å²) in [4.78, 5) is 17.2. The third kappa shape index (κ3) is 3.23. The van der Waals surface area contributed by atoms with Gasteiger partial charge < -0.3 is 15.0 Å². The number of nitrogen functional groups attached to an aromatic ring is 1. The molecule has 11 heteroatoms. The molecule has 2 atom stereocenters. The van der Waals surface area contributed by atoms with E-state index in [2.05, 4.69) is 20.3 Å². The maximum absolute atomic E-state index is 12.8. The van der Waals surface area contributed by atoms with Crippen LogP contribution in [0.4, 0.5) is 5.95 Å². The van der Waals surface area contributed by atoms with Gasteiger partial charge in [0, 0.05) is 16.5 Å². The van der Waals surface area contributed by atoms with E-state index in [9.17, 15) is 4.79 Å². The Balaban J connectivity index is 1.35. The highest BCUT2D eigenvalue weighted by molar-refractivity contribution is 6.30. The van der Waals surface area contributed by atoms with E-state index in [0.29, 0.717) is 28.5 Å². The lowest BCUT2D eigenvalue weighted by atomic mass is 10.0. The number of anilines is 1. The predicted octanol–water partition coefficient (Wildman–Crippen LogP) is 2.11. The summed E-state index contributed by atoms with van der Waals surface area (Å²) in [5.41, 5.74) is 7.75. The maximum atomic E-state index is 12.8. The van der Waals surface area contributed by atoms with Crippen molar-refractivity contribution >= 4 is 23.1 Å². The van der Waals surface area contributed by atoms with Crippen molar-refractivity contribution in [2.45, 2.75) is 31.9 Å². The van der Waals surface area contributed by atoms with E-state index in [1.54, 1.807) is 13.1 Å². The van der Waals surface area contributed by atoms with Gasteiger partial charge in [0.2, 0.25) is 11.8 Å². The minimum Gasteiger partial charge on any atom is -0.373 e. The third-order valence-corrected chi connectivity index (χ3v) is 5.49. The fraction of sp³-hybridized carbons (Fsp3) is 0.316. The first-order valence-electron chi connectivity index (χ1n) is 9.40. The van der Waals surface area contributed by atoms with E-state index in [1.165, 1.54) is 9.20 Å². The van der Waals surface area contributed by atoms with Crippen LogP contribution in [0.1, 0.15) is 41.3 Å². The molecule has 1 aliphatic rings. The van der Waals surface area contributed by atoms with Crippen LogP contribution < -0.4 is 11.3 Å². The molecule has 1 aliphatic heterocycles. The molecule has 0 aliphatic carbocycles. The van der Waals surface area contributed by atoms with Gasteiger partial charge in [-0.05, 0) is 31.0 Å². The van der Waals surface area contributed by atoms with Crippen LogP contribution in [0.25, 0.3) is 5.52 Å². The van der Waals surface area contributed by atoms with E-state index in [4.69, 9.17) is 26.6 Å². The lowest BCUT2D eigenvalue weighted by Gasteiger charge is -2.09. The van der Waals surface area contributed by atoms with E-state index in [-0.39, 0.29) is 36.0 Å². The Bertz CT molecular complexity index is 1280. The van der Waals surface area contributed by atoms with Gasteiger partial charge in [0.15, 0.2) is 11.3 Å². The zero-order valence-electron chi connectivity index (χ0n) is 16.0. The normalized spacial score (nSPS) is 19.0. The lowest BCUT2D eigenvalue weighted by Crippen LogP contribution is -2.28. The molecule has 2 N–H and O–H groups in total. The summed E-state index contributed by atoms with van der Waals surface area (Å²) in [6, 6.07) is 7.59. The number of aromatic nitrogens is 6. The summed E-state index contributed by atoms with van der Waals surface area (Å²) in [7, 11) is 0. The quantitative estimate of drug-likeness (QED) is 0.524. The highest BCUT2D eigenvalue weighted by Gasteiger charge is 2.31. The Morgan fingerprint density at radius 2 is 2.10 bits per heavy atom. The van der Waals surface area contributed by atoms with Crippen molar-refractivity contribution in [3.8, 4) is 0 Å². The van der Waals surface area contributed by atoms with Crippen LogP contribution in [0.15, 0.2) is 39.8 Å². The van der Waals surface area contributed by atoms with Crippen LogP contribution in [0, 0.1) is 6.92 Å². The number of rotatable bonds is 4. The first-order valence-corrected chi connectivity index (χ1v) is 9.78. The zero-order valence-corrected chi connectivity index (χ0v) is 16.8. The van der Waals surface area contributed by atoms with Gasteiger partial charge in [-0.3, -0.25) is 9.36 Å². The van der Waals surface area contributed by atoms with Gasteiger partial charge in [-0.2, -0.15) is 10.1 Å². The van der Waals surface area contributed by atoms with Gasteiger partial charge in [0.05, 0.1) is 18.9 Å². The number of ether oxygens (including phenoxy) is 1. The smallest absolute Gasteiger partial charge is 0.281 e. The number of hydrogen-bond acceptors (Lipinski definition) is 8. The summed E-state index contributed by atoms with van der Waals surface area (Å²) < 4.78 is 13.8. The van der Waals surface area contributed by atoms with E-state index in [0.717, 1.165) is 12.0 Å². The number of aryl methyl sites for hydroxylation is 1. The molecule has 10 nitrogen and oxygen atoms in total. The second-order valence-corrected chi connectivity index (χ2v) is 7.70. The number of hydrogen-bond donors (Lipinski definition) is 1. The maximum Gasteiger partial charge on any atom is 0.281 e. The van der Waals surface area contributed by atoms with Gasteiger partial charge in [-0.25, -0.2) is 0 Å². The standard InChI is InChI=1S/C19H18ClN7O3/c1-10-7-22-27-16(10)18(28)26(19(21)24-27)8-15-23-17(25-30-15)12-6-14(29-9-12)11-2-4-13(20)5-3-11/h2-5,7,12,14H,6,8-9H2,1H3,(H2,21,24). The first-order chi connectivity index (χ1) is 14.5. The summed E-state index contributed by atoms with van der Waals surface area (Å²) >= 11 is 5.95. The molecule has 30 heavy (non-hydrogen) atoms. The number of nitrogens with zero attached hydrogens (tertiary/aromatic N) is 6. The predicted molar refractivity (Wildman–Crippen MR) is 107 cm³/mol. The highest BCUT2D eigenvalue weighted by atomic mass is 35.5.